The molecule has 2 amide bonds. The van der Waals surface area contributed by atoms with E-state index in [1.807, 2.05) is 46.7 Å². The van der Waals surface area contributed by atoms with Gasteiger partial charge < -0.3 is 58.4 Å². The van der Waals surface area contributed by atoms with Crippen molar-refractivity contribution >= 4 is 36.6 Å². The molecule has 0 bridgehead atoms. The molecule has 1 unspecified atom stereocenters. The molecule has 2 aromatic rings. The third-order valence-electron chi connectivity index (χ3n) is 8.15. The molecule has 16 nitrogen and oxygen atoms in total. The van der Waals surface area contributed by atoms with Crippen molar-refractivity contribution in [2.24, 2.45) is 0 Å². The van der Waals surface area contributed by atoms with Crippen LogP contribution in [0.2, 0.25) is 0 Å². The molecular formula is C35H45N3O13TaTb-2. The number of hydrogen-bond donors (Lipinski definition) is 4. The molecule has 1 heterocycles. The van der Waals surface area contributed by atoms with Gasteiger partial charge in [0.15, 0.2) is 6.10 Å². The Morgan fingerprint density at radius 1 is 0.962 bits per heavy atom. The van der Waals surface area contributed by atoms with Crippen LogP contribution in [-0.4, -0.2) is 103 Å². The van der Waals surface area contributed by atoms with Gasteiger partial charge in [-0.3, -0.25) is 10.1 Å². The van der Waals surface area contributed by atoms with Crippen molar-refractivity contribution < 1.29 is 124 Å². The van der Waals surface area contributed by atoms with Crippen molar-refractivity contribution in [3.8, 4) is 5.75 Å². The van der Waals surface area contributed by atoms with Gasteiger partial charge in [0, 0.05) is 91.5 Å². The van der Waals surface area contributed by atoms with Crippen LogP contribution in [0.5, 0.6) is 5.75 Å². The van der Waals surface area contributed by atoms with Gasteiger partial charge in [-0.1, -0.05) is 25.1 Å². The third kappa shape index (κ3) is 15.9. The van der Waals surface area contributed by atoms with Crippen molar-refractivity contribution in [3.05, 3.63) is 58.7 Å². The van der Waals surface area contributed by atoms with Gasteiger partial charge in [-0.2, -0.15) is 0 Å². The summed E-state index contributed by atoms with van der Waals surface area (Å²) < 4.78 is 32.3. The molecule has 18 heteroatoms. The Labute approximate surface area is 354 Å². The second-order valence-corrected chi connectivity index (χ2v) is 13.3. The maximum absolute atomic E-state index is 13.6. The Morgan fingerprint density at radius 2 is 1.60 bits per heavy atom. The number of aliphatic carboxylic acids is 1. The first-order valence-corrected chi connectivity index (χ1v) is 16.0. The summed E-state index contributed by atoms with van der Waals surface area (Å²) >= 11 is 0. The van der Waals surface area contributed by atoms with E-state index in [-0.39, 0.29) is 123 Å². The van der Waals surface area contributed by atoms with Gasteiger partial charge in [0.2, 0.25) is 6.29 Å². The summed E-state index contributed by atoms with van der Waals surface area (Å²) in [5, 5.41) is 25.1. The van der Waals surface area contributed by atoms with Gasteiger partial charge in [-0.05, 0) is 77.2 Å². The Bertz CT molecular complexity index is 1540. The summed E-state index contributed by atoms with van der Waals surface area (Å²) in [7, 11) is 3.89. The predicted molar refractivity (Wildman–Crippen MR) is 180 cm³/mol. The van der Waals surface area contributed by atoms with Crippen LogP contribution >= 0.6 is 0 Å². The van der Waals surface area contributed by atoms with Crippen LogP contribution in [0.3, 0.4) is 0 Å². The number of hydrogen-bond acceptors (Lipinski definition) is 13. The van der Waals surface area contributed by atoms with E-state index in [2.05, 4.69) is 15.4 Å². The fourth-order valence-electron chi connectivity index (χ4n) is 4.62. The minimum absolute atomic E-state index is 0. The molecular weight excluding hydrogens is 1010 g/mol. The first-order chi connectivity index (χ1) is 24.0. The van der Waals surface area contributed by atoms with Crippen molar-refractivity contribution in [3.63, 3.8) is 0 Å². The fourth-order valence-corrected chi connectivity index (χ4v) is 4.62. The number of amides is 2. The number of anilines is 1. The summed E-state index contributed by atoms with van der Waals surface area (Å²) in [6.45, 7) is 10.2. The molecule has 0 saturated carbocycles. The van der Waals surface area contributed by atoms with Gasteiger partial charge in [0.25, 0.3) is 5.91 Å². The number of ether oxygens (including phenoxy) is 6. The van der Waals surface area contributed by atoms with E-state index in [4.69, 9.17) is 23.7 Å². The van der Waals surface area contributed by atoms with Crippen LogP contribution in [0, 0.1) is 38.6 Å². The van der Waals surface area contributed by atoms with Crippen molar-refractivity contribution in [1.82, 2.24) is 10.2 Å². The van der Waals surface area contributed by atoms with Gasteiger partial charge in [-0.25, -0.2) is 9.59 Å². The number of nitrogens with one attached hydrogen (secondary N) is 2. The Kier molecular flexibility index (Phi) is 20.6. The molecule has 2 radical (unpaired) electrons. The molecule has 0 spiro atoms. The molecule has 2 aromatic carbocycles. The number of carbonyl (C=O) groups excluding carboxylic acids is 4. The van der Waals surface area contributed by atoms with Crippen molar-refractivity contribution in [2.45, 2.75) is 90.0 Å². The van der Waals surface area contributed by atoms with Crippen LogP contribution in [-0.2, 0) is 80.3 Å². The predicted octanol–water partition coefficient (Wildman–Crippen LogP) is 2.79. The Hall–Kier alpha value is -2.74. The molecule has 3 atom stereocenters. The molecule has 1 aliphatic heterocycles. The molecule has 3 rings (SSSR count). The third-order valence-corrected chi connectivity index (χ3v) is 8.15. The van der Waals surface area contributed by atoms with Gasteiger partial charge >= 0.3 is 12.1 Å². The minimum Gasteiger partial charge on any atom is -0.650 e. The number of nitrogens with zero attached hydrogens (tertiary/aromatic N) is 1. The van der Waals surface area contributed by atoms with Crippen LogP contribution < -0.4 is 15.4 Å². The van der Waals surface area contributed by atoms with E-state index in [1.165, 1.54) is 31.1 Å². The summed E-state index contributed by atoms with van der Waals surface area (Å²) in [5.41, 5.74) is 0.584. The second-order valence-electron chi connectivity index (χ2n) is 13.3. The number of benzene rings is 2. The van der Waals surface area contributed by atoms with E-state index in [1.54, 1.807) is 18.2 Å². The molecule has 1 saturated heterocycles. The zero-order valence-electron chi connectivity index (χ0n) is 30.3. The van der Waals surface area contributed by atoms with Gasteiger partial charge in [0.1, 0.15) is 12.4 Å². The summed E-state index contributed by atoms with van der Waals surface area (Å²) in [4.78, 5) is 61.1. The number of carboxylic acid groups (broad SMARTS) is 1. The molecule has 0 aromatic heterocycles. The van der Waals surface area contributed by atoms with E-state index >= 15 is 0 Å². The number of aliphatic hydroxyl groups is 1. The average molecular weight is 1060 g/mol. The van der Waals surface area contributed by atoms with Gasteiger partial charge in [0.05, 0.1) is 42.8 Å². The number of likely N-dealkylation sites (N-methyl/N-ethyl adjacent to an activating group) is 1. The summed E-state index contributed by atoms with van der Waals surface area (Å²) in [5.74, 6) is -1.77. The van der Waals surface area contributed by atoms with Crippen LogP contribution in [0.1, 0.15) is 67.6 Å². The van der Waals surface area contributed by atoms with E-state index in [0.29, 0.717) is 23.3 Å². The standard InChI is InChI=1S/C35H45N3O13.Ta.Tb/c1-34(2,38(5)6)19-49-35(3,4)18-36-31(42)26-12-23(8-10-28(26)50-30-14-25(41)13-29(51-30)32(43)44)16-48-33(45)37-27-9-7-22(15-46-20-39)11-24(27)17-47-21-40;;/h7-12,25,29-30,41H,13-19H2,1-6H3,(H,36,42)(H,37,45)(H,43,44);;/q-2;;/t25?,29-,30+;;/m0../s1. The van der Waals surface area contributed by atoms with E-state index in [0.717, 1.165) is 0 Å². The maximum atomic E-state index is 13.6. The van der Waals surface area contributed by atoms with Crippen LogP contribution in [0.4, 0.5) is 10.5 Å². The maximum Gasteiger partial charge on any atom is 0.411 e. The van der Waals surface area contributed by atoms with Crippen molar-refractivity contribution in [2.75, 3.05) is 32.6 Å². The SMILES string of the molecule is CN(C)C(C)(C)COC(C)(C)CNC(=O)c1cc(COC(=O)Nc2ccc(CO[C-]=O)cc2CO[C-]=O)ccc1O[C@H]1CC(O)C[C@@H](C(=O)O)O1.[Ta].[Tb]. The molecule has 0 aliphatic carbocycles. The number of carbonyl (C=O) groups is 3. The quantitative estimate of drug-likeness (QED) is 0.118. The first-order valence-electron chi connectivity index (χ1n) is 16.0. The molecule has 53 heavy (non-hydrogen) atoms. The zero-order chi connectivity index (χ0) is 37.8. The molecule has 4 N–H and O–H groups in total. The Morgan fingerprint density at radius 3 is 2.25 bits per heavy atom. The zero-order valence-corrected chi connectivity index (χ0v) is 35.6. The molecule has 1 fully saturated rings. The number of aliphatic hydroxyl groups excluding tert-OH is 1. The topological polar surface area (TPSA) is 208 Å². The van der Waals surface area contributed by atoms with Crippen molar-refractivity contribution in [1.29, 1.82) is 0 Å². The Balaban J connectivity index is 0.00000702. The average Bonchev–Trinajstić information content (AvgIpc) is 3.08. The van der Waals surface area contributed by atoms with E-state index in [9.17, 15) is 34.2 Å². The second kappa shape index (κ2) is 22.6. The summed E-state index contributed by atoms with van der Waals surface area (Å²) in [6.07, 6.45) is -4.46. The smallest absolute Gasteiger partial charge is 0.411 e. The van der Waals surface area contributed by atoms with Crippen LogP contribution in [0.15, 0.2) is 36.4 Å². The van der Waals surface area contributed by atoms with Crippen LogP contribution in [0.25, 0.3) is 0 Å². The minimum atomic E-state index is -1.30. The number of rotatable bonds is 19. The number of carboxylic acids is 1. The first kappa shape index (κ1) is 48.3. The molecule has 1 aliphatic rings. The van der Waals surface area contributed by atoms with E-state index < -0.39 is 42.1 Å². The molecule has 294 valence electrons. The largest absolute Gasteiger partial charge is 0.650 e. The van der Waals surface area contributed by atoms with Gasteiger partial charge in [-0.15, -0.1) is 0 Å². The summed E-state index contributed by atoms with van der Waals surface area (Å²) in [6, 6.07) is 9.09. The normalized spacial score (nSPS) is 16.9. The monoisotopic (exact) mass is 1060 g/mol. The fraction of sp³-hybridized carbons (Fsp3) is 0.514.